The molecule has 1 aromatic carbocycles. The number of benzene rings is 1. The molecule has 2 atom stereocenters. The molecule has 2 rings (SSSR count). The second kappa shape index (κ2) is 11.6. The lowest BCUT2D eigenvalue weighted by atomic mass is 9.78. The minimum Gasteiger partial charge on any atom is -0.377 e. The SMILES string of the molecule is CCNC(=NCc1ccc(C(N)=O)cc1)NCC1CCCOC1C(C)(C)C.I. The van der Waals surface area contributed by atoms with Crippen molar-refractivity contribution in [1.82, 2.24) is 10.6 Å². The van der Waals surface area contributed by atoms with Crippen LogP contribution in [0.15, 0.2) is 29.3 Å². The van der Waals surface area contributed by atoms with Crippen molar-refractivity contribution < 1.29 is 9.53 Å². The van der Waals surface area contributed by atoms with Crippen molar-refractivity contribution in [3.8, 4) is 0 Å². The van der Waals surface area contributed by atoms with Crippen molar-refractivity contribution in [2.45, 2.75) is 53.2 Å². The van der Waals surface area contributed by atoms with Crippen LogP contribution in [0, 0.1) is 11.3 Å². The lowest BCUT2D eigenvalue weighted by Crippen LogP contribution is -2.47. The van der Waals surface area contributed by atoms with Crippen LogP contribution in [0.2, 0.25) is 0 Å². The van der Waals surface area contributed by atoms with Crippen LogP contribution < -0.4 is 16.4 Å². The lowest BCUT2D eigenvalue weighted by Gasteiger charge is -2.40. The van der Waals surface area contributed by atoms with E-state index in [4.69, 9.17) is 10.5 Å². The number of amides is 1. The van der Waals surface area contributed by atoms with Crippen LogP contribution in [0.1, 0.15) is 56.5 Å². The number of nitrogens with one attached hydrogen (secondary N) is 2. The van der Waals surface area contributed by atoms with E-state index >= 15 is 0 Å². The van der Waals surface area contributed by atoms with Crippen LogP contribution in [0.25, 0.3) is 0 Å². The maximum absolute atomic E-state index is 11.2. The van der Waals surface area contributed by atoms with Crippen LogP contribution in [0.3, 0.4) is 0 Å². The van der Waals surface area contributed by atoms with Gasteiger partial charge in [0.1, 0.15) is 0 Å². The van der Waals surface area contributed by atoms with Crippen molar-refractivity contribution in [2.24, 2.45) is 22.1 Å². The number of nitrogens with zero attached hydrogens (tertiary/aromatic N) is 1. The van der Waals surface area contributed by atoms with Gasteiger partial charge in [0.05, 0.1) is 12.6 Å². The molecule has 0 bridgehead atoms. The minimum atomic E-state index is -0.414. The second-order valence-corrected chi connectivity index (χ2v) is 8.20. The van der Waals surface area contributed by atoms with Gasteiger partial charge in [-0.05, 0) is 42.9 Å². The molecule has 0 saturated carbocycles. The third kappa shape index (κ3) is 7.58. The molecule has 1 heterocycles. The summed E-state index contributed by atoms with van der Waals surface area (Å²) in [7, 11) is 0. The Bertz CT molecular complexity index is 641. The summed E-state index contributed by atoms with van der Waals surface area (Å²) in [5.74, 6) is 0.857. The minimum absolute atomic E-state index is 0. The van der Waals surface area contributed by atoms with Crippen LogP contribution in [-0.4, -0.2) is 37.7 Å². The summed E-state index contributed by atoms with van der Waals surface area (Å²) in [6.45, 7) is 11.8. The number of nitrogens with two attached hydrogens (primary N) is 1. The highest BCUT2D eigenvalue weighted by Crippen LogP contribution is 2.33. The van der Waals surface area contributed by atoms with Gasteiger partial charge in [-0.2, -0.15) is 0 Å². The number of guanidine groups is 1. The fourth-order valence-electron chi connectivity index (χ4n) is 3.52. The molecule has 0 aliphatic carbocycles. The molecule has 2 unspecified atom stereocenters. The normalized spacial score (nSPS) is 20.2. The van der Waals surface area contributed by atoms with Gasteiger partial charge in [0.2, 0.25) is 5.91 Å². The molecule has 1 amide bonds. The molecule has 28 heavy (non-hydrogen) atoms. The van der Waals surface area contributed by atoms with Gasteiger partial charge in [0.15, 0.2) is 5.96 Å². The van der Waals surface area contributed by atoms with E-state index < -0.39 is 5.91 Å². The van der Waals surface area contributed by atoms with E-state index in [1.165, 1.54) is 6.42 Å². The van der Waals surface area contributed by atoms with Gasteiger partial charge in [-0.1, -0.05) is 32.9 Å². The zero-order chi connectivity index (χ0) is 19.9. The van der Waals surface area contributed by atoms with Crippen molar-refractivity contribution in [1.29, 1.82) is 0 Å². The number of carbonyl (C=O) groups excluding carboxylic acids is 1. The van der Waals surface area contributed by atoms with Gasteiger partial charge >= 0.3 is 0 Å². The van der Waals surface area contributed by atoms with Gasteiger partial charge in [0, 0.05) is 31.2 Å². The summed E-state index contributed by atoms with van der Waals surface area (Å²) in [4.78, 5) is 15.8. The number of halogens is 1. The first-order valence-electron chi connectivity index (χ1n) is 9.83. The number of primary amides is 1. The average molecular weight is 502 g/mol. The molecule has 1 aliphatic heterocycles. The Kier molecular flexibility index (Phi) is 10.2. The highest BCUT2D eigenvalue weighted by molar-refractivity contribution is 14.0. The lowest BCUT2D eigenvalue weighted by molar-refractivity contribution is -0.0835. The van der Waals surface area contributed by atoms with E-state index in [1.54, 1.807) is 12.1 Å². The van der Waals surface area contributed by atoms with Crippen LogP contribution in [0.4, 0.5) is 0 Å². The van der Waals surface area contributed by atoms with Gasteiger partial charge in [-0.15, -0.1) is 24.0 Å². The summed E-state index contributed by atoms with van der Waals surface area (Å²) in [5.41, 5.74) is 6.96. The number of carbonyl (C=O) groups is 1. The van der Waals surface area contributed by atoms with E-state index in [9.17, 15) is 4.79 Å². The Morgan fingerprint density at radius 2 is 1.93 bits per heavy atom. The highest BCUT2D eigenvalue weighted by atomic mass is 127. The smallest absolute Gasteiger partial charge is 0.248 e. The molecule has 0 radical (unpaired) electrons. The standard InChI is InChI=1S/C21H34N4O2.HI/c1-5-23-20(24-13-15-8-10-16(11-9-15)19(22)26)25-14-17-7-6-12-27-18(17)21(2,3)4;/h8-11,17-18H,5-7,12-14H2,1-4H3,(H2,22,26)(H2,23,24,25);1H. The molecular weight excluding hydrogens is 467 g/mol. The fourth-order valence-corrected chi connectivity index (χ4v) is 3.52. The first kappa shape index (κ1) is 24.7. The number of ether oxygens (including phenoxy) is 1. The predicted molar refractivity (Wildman–Crippen MR) is 125 cm³/mol. The fraction of sp³-hybridized carbons (Fsp3) is 0.619. The molecular formula is C21H35IN4O2. The summed E-state index contributed by atoms with van der Waals surface area (Å²) in [6, 6.07) is 7.25. The zero-order valence-corrected chi connectivity index (χ0v) is 19.8. The summed E-state index contributed by atoms with van der Waals surface area (Å²) >= 11 is 0. The Labute approximate surface area is 186 Å². The molecule has 1 fully saturated rings. The molecule has 0 aromatic heterocycles. The topological polar surface area (TPSA) is 88.7 Å². The maximum Gasteiger partial charge on any atom is 0.248 e. The van der Waals surface area contributed by atoms with Crippen molar-refractivity contribution >= 4 is 35.8 Å². The van der Waals surface area contributed by atoms with Crippen molar-refractivity contribution in [2.75, 3.05) is 19.7 Å². The molecule has 1 saturated heterocycles. The van der Waals surface area contributed by atoms with Crippen LogP contribution in [0.5, 0.6) is 0 Å². The first-order chi connectivity index (χ1) is 12.8. The highest BCUT2D eigenvalue weighted by Gasteiger charge is 2.35. The number of aliphatic imine (C=N–C) groups is 1. The Hall–Kier alpha value is -1.35. The summed E-state index contributed by atoms with van der Waals surface area (Å²) in [5, 5.41) is 6.78. The second-order valence-electron chi connectivity index (χ2n) is 8.20. The van der Waals surface area contributed by atoms with Gasteiger partial charge < -0.3 is 21.1 Å². The maximum atomic E-state index is 11.2. The van der Waals surface area contributed by atoms with Crippen LogP contribution >= 0.6 is 24.0 Å². The van der Waals surface area contributed by atoms with Crippen molar-refractivity contribution in [3.63, 3.8) is 0 Å². The summed E-state index contributed by atoms with van der Waals surface area (Å²) < 4.78 is 6.07. The largest absolute Gasteiger partial charge is 0.377 e. The van der Waals surface area contributed by atoms with E-state index in [2.05, 4.69) is 43.3 Å². The van der Waals surface area contributed by atoms with Gasteiger partial charge in [-0.25, -0.2) is 4.99 Å². The quantitative estimate of drug-likeness (QED) is 0.317. The van der Waals surface area contributed by atoms with E-state index in [-0.39, 0.29) is 35.5 Å². The van der Waals surface area contributed by atoms with Crippen LogP contribution in [-0.2, 0) is 11.3 Å². The molecule has 0 spiro atoms. The molecule has 158 valence electrons. The van der Waals surface area contributed by atoms with E-state index in [0.717, 1.165) is 37.6 Å². The van der Waals surface area contributed by atoms with E-state index in [1.807, 2.05) is 12.1 Å². The zero-order valence-electron chi connectivity index (χ0n) is 17.5. The van der Waals surface area contributed by atoms with Gasteiger partial charge in [-0.3, -0.25) is 4.79 Å². The molecule has 1 aromatic rings. The summed E-state index contributed by atoms with van der Waals surface area (Å²) in [6.07, 6.45) is 2.53. The van der Waals surface area contributed by atoms with E-state index in [0.29, 0.717) is 18.0 Å². The molecule has 4 N–H and O–H groups in total. The number of rotatable bonds is 6. The Morgan fingerprint density at radius 3 is 2.50 bits per heavy atom. The first-order valence-corrected chi connectivity index (χ1v) is 9.83. The number of hydrogen-bond acceptors (Lipinski definition) is 3. The average Bonchev–Trinajstić information content (AvgIpc) is 2.64. The monoisotopic (exact) mass is 502 g/mol. The Morgan fingerprint density at radius 1 is 1.25 bits per heavy atom. The third-order valence-electron chi connectivity index (χ3n) is 4.83. The molecule has 6 nitrogen and oxygen atoms in total. The molecule has 7 heteroatoms. The number of hydrogen-bond donors (Lipinski definition) is 3. The third-order valence-corrected chi connectivity index (χ3v) is 4.83. The predicted octanol–water partition coefficient (Wildman–Crippen LogP) is 3.30. The van der Waals surface area contributed by atoms with Gasteiger partial charge in [0.25, 0.3) is 0 Å². The Balaban J connectivity index is 0.00000392. The van der Waals surface area contributed by atoms with Crippen molar-refractivity contribution in [3.05, 3.63) is 35.4 Å². The molecule has 1 aliphatic rings.